The van der Waals surface area contributed by atoms with Crippen LogP contribution in [0.2, 0.25) is 0 Å². The number of urea groups is 1. The second-order valence-electron chi connectivity index (χ2n) is 9.46. The molecule has 0 bridgehead atoms. The summed E-state index contributed by atoms with van der Waals surface area (Å²) in [5, 5.41) is 12.2. The van der Waals surface area contributed by atoms with Crippen LogP contribution in [0.4, 0.5) is 10.5 Å². The first kappa shape index (κ1) is 22.9. The molecular formula is C26H27N5O4S. The standard InChI is InChI=1S/C26H27N5O4S/c1-14-11-17(35-16-5-3-2-4-6-16)7-8-18(14)31-19-9-10-27-25-21(19)22(30-26(31)34)23(36-25)24(33)29-15-12-20(32)28-13-15/h2-8,11,15,19,21,25,27H,9-10,12-13H2,1H3,(H,28,32)(H,29,33)(H,30,34)/t15-,19?,21?,25?/m0/s1. The molecule has 186 valence electrons. The number of carbonyl (C=O) groups is 3. The normalized spacial score (nSPS) is 26.9. The van der Waals surface area contributed by atoms with E-state index in [9.17, 15) is 14.4 Å². The Kier molecular flexibility index (Phi) is 5.85. The zero-order chi connectivity index (χ0) is 24.8. The topological polar surface area (TPSA) is 112 Å². The minimum Gasteiger partial charge on any atom is -0.457 e. The van der Waals surface area contributed by atoms with Crippen molar-refractivity contribution < 1.29 is 19.1 Å². The third kappa shape index (κ3) is 4.10. The van der Waals surface area contributed by atoms with Gasteiger partial charge in [0.2, 0.25) is 5.91 Å². The molecule has 36 heavy (non-hydrogen) atoms. The van der Waals surface area contributed by atoms with Crippen LogP contribution in [0.5, 0.6) is 11.5 Å². The van der Waals surface area contributed by atoms with Crippen LogP contribution in [-0.4, -0.2) is 48.4 Å². The third-order valence-corrected chi connectivity index (χ3v) is 8.42. The van der Waals surface area contributed by atoms with E-state index in [-0.39, 0.29) is 47.6 Å². The Morgan fingerprint density at radius 2 is 1.97 bits per heavy atom. The van der Waals surface area contributed by atoms with Gasteiger partial charge in [0.05, 0.1) is 22.4 Å². The lowest BCUT2D eigenvalue weighted by Crippen LogP contribution is -2.62. The molecule has 4 aliphatic heterocycles. The summed E-state index contributed by atoms with van der Waals surface area (Å²) >= 11 is 1.46. The number of hydrogen-bond donors (Lipinski definition) is 4. The van der Waals surface area contributed by atoms with Gasteiger partial charge in [-0.15, -0.1) is 0 Å². The van der Waals surface area contributed by atoms with E-state index in [0.717, 1.165) is 30.0 Å². The van der Waals surface area contributed by atoms with Gasteiger partial charge in [-0.25, -0.2) is 4.79 Å². The zero-order valence-corrected chi connectivity index (χ0v) is 20.6. The lowest BCUT2D eigenvalue weighted by molar-refractivity contribution is -0.119. The van der Waals surface area contributed by atoms with Crippen molar-refractivity contribution in [1.82, 2.24) is 21.3 Å². The van der Waals surface area contributed by atoms with E-state index in [4.69, 9.17) is 4.74 Å². The van der Waals surface area contributed by atoms with E-state index >= 15 is 0 Å². The Morgan fingerprint density at radius 3 is 2.72 bits per heavy atom. The molecule has 3 fully saturated rings. The van der Waals surface area contributed by atoms with E-state index in [1.165, 1.54) is 11.8 Å². The smallest absolute Gasteiger partial charge is 0.326 e. The number of rotatable bonds is 5. The maximum absolute atomic E-state index is 13.5. The number of thioether (sulfide) groups is 1. The Balaban J connectivity index is 1.26. The average Bonchev–Trinajstić information content (AvgIpc) is 3.44. The molecule has 3 unspecified atom stereocenters. The number of carbonyl (C=O) groups excluding carboxylic acids is 3. The molecule has 0 radical (unpaired) electrons. The molecule has 4 N–H and O–H groups in total. The molecule has 3 saturated heterocycles. The number of nitrogens with zero attached hydrogens (tertiary/aromatic N) is 1. The van der Waals surface area contributed by atoms with Gasteiger partial charge >= 0.3 is 6.03 Å². The monoisotopic (exact) mass is 505 g/mol. The van der Waals surface area contributed by atoms with Crippen molar-refractivity contribution in [1.29, 1.82) is 0 Å². The largest absolute Gasteiger partial charge is 0.457 e. The fourth-order valence-corrected chi connectivity index (χ4v) is 6.85. The summed E-state index contributed by atoms with van der Waals surface area (Å²) in [7, 11) is 0. The molecule has 0 aromatic heterocycles. The highest BCUT2D eigenvalue weighted by molar-refractivity contribution is 8.04. The highest BCUT2D eigenvalue weighted by atomic mass is 32.2. The van der Waals surface area contributed by atoms with Crippen LogP contribution < -0.4 is 30.9 Å². The Hall–Kier alpha value is -3.50. The van der Waals surface area contributed by atoms with Crippen molar-refractivity contribution in [3.8, 4) is 11.5 Å². The molecule has 2 aromatic carbocycles. The number of benzene rings is 2. The maximum Gasteiger partial charge on any atom is 0.326 e. The average molecular weight is 506 g/mol. The van der Waals surface area contributed by atoms with Gasteiger partial charge < -0.3 is 26.0 Å². The summed E-state index contributed by atoms with van der Waals surface area (Å²) in [4.78, 5) is 40.5. The van der Waals surface area contributed by atoms with Crippen LogP contribution in [0.3, 0.4) is 0 Å². The number of piperidine rings is 1. The fraction of sp³-hybridized carbons (Fsp3) is 0.346. The van der Waals surface area contributed by atoms with Gasteiger partial charge in [0.15, 0.2) is 0 Å². The number of para-hydroxylation sites is 1. The molecule has 0 spiro atoms. The molecule has 0 aliphatic carbocycles. The van der Waals surface area contributed by atoms with E-state index < -0.39 is 0 Å². The van der Waals surface area contributed by atoms with Crippen molar-refractivity contribution >= 4 is 35.3 Å². The predicted octanol–water partition coefficient (Wildman–Crippen LogP) is 2.58. The van der Waals surface area contributed by atoms with Crippen LogP contribution in [0.1, 0.15) is 18.4 Å². The van der Waals surface area contributed by atoms with Gasteiger partial charge in [0.25, 0.3) is 5.91 Å². The fourth-order valence-electron chi connectivity index (χ4n) is 5.45. The first-order valence-corrected chi connectivity index (χ1v) is 13.0. The van der Waals surface area contributed by atoms with Crippen molar-refractivity contribution in [3.63, 3.8) is 0 Å². The van der Waals surface area contributed by atoms with Crippen LogP contribution in [0.15, 0.2) is 59.1 Å². The van der Waals surface area contributed by atoms with Crippen LogP contribution in [-0.2, 0) is 9.59 Å². The highest BCUT2D eigenvalue weighted by Crippen LogP contribution is 2.48. The third-order valence-electron chi connectivity index (χ3n) is 7.07. The molecule has 4 aliphatic rings. The second-order valence-corrected chi connectivity index (χ2v) is 10.6. The Morgan fingerprint density at radius 1 is 1.14 bits per heavy atom. The number of nitrogens with one attached hydrogen (secondary N) is 4. The Bertz CT molecular complexity index is 1270. The molecule has 9 nitrogen and oxygen atoms in total. The first-order valence-electron chi connectivity index (χ1n) is 12.1. The lowest BCUT2D eigenvalue weighted by Gasteiger charge is -2.46. The summed E-state index contributed by atoms with van der Waals surface area (Å²) in [6.07, 6.45) is 1.05. The van der Waals surface area contributed by atoms with Gasteiger partial charge in [-0.2, -0.15) is 0 Å². The molecular weight excluding hydrogens is 478 g/mol. The summed E-state index contributed by atoms with van der Waals surface area (Å²) in [6, 6.07) is 14.8. The van der Waals surface area contributed by atoms with Gasteiger partial charge in [-0.1, -0.05) is 30.0 Å². The molecule has 6 rings (SSSR count). The molecule has 4 heterocycles. The van der Waals surface area contributed by atoms with Gasteiger partial charge in [-0.05, 0) is 55.8 Å². The highest BCUT2D eigenvalue weighted by Gasteiger charge is 2.52. The van der Waals surface area contributed by atoms with Crippen molar-refractivity contribution in [2.45, 2.75) is 37.2 Å². The summed E-state index contributed by atoms with van der Waals surface area (Å²) in [6.45, 7) is 3.15. The first-order chi connectivity index (χ1) is 17.5. The van der Waals surface area contributed by atoms with Crippen LogP contribution >= 0.6 is 11.8 Å². The van der Waals surface area contributed by atoms with E-state index in [1.54, 1.807) is 0 Å². The molecule has 4 amide bonds. The summed E-state index contributed by atoms with van der Waals surface area (Å²) < 4.78 is 5.97. The summed E-state index contributed by atoms with van der Waals surface area (Å²) in [5.74, 6) is 1.12. The van der Waals surface area contributed by atoms with Crippen molar-refractivity contribution in [2.75, 3.05) is 18.0 Å². The van der Waals surface area contributed by atoms with Crippen LogP contribution in [0.25, 0.3) is 0 Å². The van der Waals surface area contributed by atoms with Crippen molar-refractivity contribution in [2.24, 2.45) is 5.92 Å². The van der Waals surface area contributed by atoms with E-state index in [1.807, 2.05) is 60.4 Å². The summed E-state index contributed by atoms with van der Waals surface area (Å²) in [5.41, 5.74) is 2.44. The van der Waals surface area contributed by atoms with Crippen molar-refractivity contribution in [3.05, 3.63) is 64.7 Å². The number of anilines is 1. The number of ether oxygens (including phenoxy) is 1. The minimum absolute atomic E-state index is 0.00747. The molecule has 10 heteroatoms. The van der Waals surface area contributed by atoms with E-state index in [0.29, 0.717) is 22.9 Å². The number of aryl methyl sites for hydroxylation is 1. The molecule has 2 aromatic rings. The minimum atomic E-state index is -0.239. The van der Waals surface area contributed by atoms with E-state index in [2.05, 4.69) is 21.3 Å². The van der Waals surface area contributed by atoms with Gasteiger partial charge in [0.1, 0.15) is 11.5 Å². The van der Waals surface area contributed by atoms with Crippen LogP contribution in [0, 0.1) is 12.8 Å². The van der Waals surface area contributed by atoms with Gasteiger partial charge in [0, 0.05) is 30.3 Å². The SMILES string of the molecule is Cc1cc(Oc2ccccc2)ccc1N1C(=O)NC2=C(C(=O)N[C@@H]3CNC(=O)C3)SC3NCCC1C23. The molecule has 4 atom stereocenters. The second kappa shape index (κ2) is 9.18. The van der Waals surface area contributed by atoms with Gasteiger partial charge in [-0.3, -0.25) is 14.5 Å². The maximum atomic E-state index is 13.5. The quantitative estimate of drug-likeness (QED) is 0.497. The molecule has 0 saturated carbocycles. The Labute approximate surface area is 213 Å². The zero-order valence-electron chi connectivity index (χ0n) is 19.7. The number of hydrogen-bond acceptors (Lipinski definition) is 6. The predicted molar refractivity (Wildman–Crippen MR) is 137 cm³/mol. The lowest BCUT2D eigenvalue weighted by atomic mass is 9.86. The number of amides is 4.